The molecule has 0 aliphatic rings. The molecule has 0 fully saturated rings. The number of pyridine rings is 2. The van der Waals surface area contributed by atoms with E-state index in [1.165, 1.54) is 12.3 Å². The minimum absolute atomic E-state index is 0.0244. The molecule has 0 bridgehead atoms. The van der Waals surface area contributed by atoms with Crippen molar-refractivity contribution in [2.45, 2.75) is 6.54 Å². The van der Waals surface area contributed by atoms with Gasteiger partial charge in [0, 0.05) is 25.1 Å². The Morgan fingerprint density at radius 3 is 2.82 bits per heavy atom. The molecule has 2 aromatic rings. The molecule has 0 aliphatic carbocycles. The normalized spacial score (nSPS) is 9.88. The molecule has 0 atom stereocenters. The van der Waals surface area contributed by atoms with Crippen LogP contribution < -0.4 is 5.32 Å². The van der Waals surface area contributed by atoms with Crippen LogP contribution in [0.1, 0.15) is 16.1 Å². The number of carbonyl (C=O) groups is 1. The Labute approximate surface area is 98.2 Å². The van der Waals surface area contributed by atoms with Crippen molar-refractivity contribution in [1.82, 2.24) is 15.3 Å². The highest BCUT2D eigenvalue weighted by Gasteiger charge is 2.11. The summed E-state index contributed by atoms with van der Waals surface area (Å²) in [5.74, 6) is -0.539. The van der Waals surface area contributed by atoms with Gasteiger partial charge in [-0.05, 0) is 23.8 Å². The fraction of sp³-hybridized carbons (Fsp3) is 0.0833. The van der Waals surface area contributed by atoms with Gasteiger partial charge in [-0.2, -0.15) is 0 Å². The van der Waals surface area contributed by atoms with E-state index < -0.39 is 5.91 Å². The molecule has 0 saturated heterocycles. The molecule has 5 heteroatoms. The summed E-state index contributed by atoms with van der Waals surface area (Å²) < 4.78 is 0. The predicted octanol–water partition coefficient (Wildman–Crippen LogP) is 1.11. The molecule has 0 aromatic carbocycles. The van der Waals surface area contributed by atoms with Crippen LogP contribution in [0.25, 0.3) is 0 Å². The van der Waals surface area contributed by atoms with Gasteiger partial charge in [0.05, 0.1) is 0 Å². The van der Waals surface area contributed by atoms with E-state index in [-0.39, 0.29) is 11.4 Å². The van der Waals surface area contributed by atoms with Gasteiger partial charge in [-0.25, -0.2) is 4.98 Å². The van der Waals surface area contributed by atoms with Crippen LogP contribution in [0.4, 0.5) is 0 Å². The molecule has 1 amide bonds. The molecule has 0 radical (unpaired) electrons. The summed E-state index contributed by atoms with van der Waals surface area (Å²) in [6.45, 7) is 0.350. The Morgan fingerprint density at radius 1 is 1.29 bits per heavy atom. The molecule has 0 aliphatic heterocycles. The lowest BCUT2D eigenvalue weighted by Gasteiger charge is -2.05. The van der Waals surface area contributed by atoms with Crippen molar-refractivity contribution in [1.29, 1.82) is 0 Å². The first-order valence-electron chi connectivity index (χ1n) is 5.08. The highest BCUT2D eigenvalue weighted by molar-refractivity contribution is 5.94. The third-order valence-electron chi connectivity index (χ3n) is 2.18. The number of nitrogens with one attached hydrogen (secondary N) is 1. The van der Waals surface area contributed by atoms with Crippen molar-refractivity contribution in [3.05, 3.63) is 54.1 Å². The number of hydrogen-bond donors (Lipinski definition) is 2. The molecule has 17 heavy (non-hydrogen) atoms. The summed E-state index contributed by atoms with van der Waals surface area (Å²) >= 11 is 0. The summed E-state index contributed by atoms with van der Waals surface area (Å²) in [6.07, 6.45) is 4.78. The second-order valence-electron chi connectivity index (χ2n) is 3.42. The van der Waals surface area contributed by atoms with Crippen molar-refractivity contribution in [2.75, 3.05) is 0 Å². The molecule has 2 heterocycles. The molecule has 0 spiro atoms. The maximum absolute atomic E-state index is 11.7. The molecule has 2 N–H and O–H groups in total. The first-order chi connectivity index (χ1) is 8.27. The Hall–Kier alpha value is -2.43. The van der Waals surface area contributed by atoms with E-state index in [0.29, 0.717) is 6.54 Å². The fourth-order valence-corrected chi connectivity index (χ4v) is 1.34. The van der Waals surface area contributed by atoms with Gasteiger partial charge in [-0.3, -0.25) is 9.78 Å². The molecule has 0 unspecified atom stereocenters. The predicted molar refractivity (Wildman–Crippen MR) is 61.3 cm³/mol. The quantitative estimate of drug-likeness (QED) is 0.826. The second-order valence-corrected chi connectivity index (χ2v) is 3.42. The SMILES string of the molecule is O=C(NCc1cccnc1)c1ncccc1O. The van der Waals surface area contributed by atoms with Gasteiger partial charge in [0.1, 0.15) is 5.75 Å². The van der Waals surface area contributed by atoms with E-state index in [9.17, 15) is 9.90 Å². The number of aromatic nitrogens is 2. The van der Waals surface area contributed by atoms with E-state index in [0.717, 1.165) is 5.56 Å². The zero-order valence-electron chi connectivity index (χ0n) is 9.00. The van der Waals surface area contributed by atoms with Gasteiger partial charge in [0.2, 0.25) is 0 Å². The summed E-state index contributed by atoms with van der Waals surface area (Å²) in [7, 11) is 0. The number of carbonyl (C=O) groups excluding carboxylic acids is 1. The van der Waals surface area contributed by atoms with Gasteiger partial charge < -0.3 is 10.4 Å². The second kappa shape index (κ2) is 5.07. The minimum atomic E-state index is -0.410. The maximum Gasteiger partial charge on any atom is 0.274 e. The molecule has 0 saturated carbocycles. The van der Waals surface area contributed by atoms with Crippen LogP contribution in [0.3, 0.4) is 0 Å². The zero-order chi connectivity index (χ0) is 12.1. The van der Waals surface area contributed by atoms with Gasteiger partial charge >= 0.3 is 0 Å². The van der Waals surface area contributed by atoms with E-state index in [2.05, 4.69) is 15.3 Å². The van der Waals surface area contributed by atoms with Crippen molar-refractivity contribution >= 4 is 5.91 Å². The summed E-state index contributed by atoms with van der Waals surface area (Å²) in [5, 5.41) is 12.1. The molecule has 86 valence electrons. The summed E-state index contributed by atoms with van der Waals surface area (Å²) in [4.78, 5) is 19.4. The van der Waals surface area contributed by atoms with Crippen molar-refractivity contribution in [3.63, 3.8) is 0 Å². The Bertz CT molecular complexity index is 514. The van der Waals surface area contributed by atoms with Crippen molar-refractivity contribution < 1.29 is 9.90 Å². The van der Waals surface area contributed by atoms with E-state index in [1.54, 1.807) is 24.5 Å². The highest BCUT2D eigenvalue weighted by Crippen LogP contribution is 2.12. The van der Waals surface area contributed by atoms with E-state index in [1.807, 2.05) is 6.07 Å². The third kappa shape index (κ3) is 2.78. The smallest absolute Gasteiger partial charge is 0.274 e. The van der Waals surface area contributed by atoms with Gasteiger partial charge in [0.15, 0.2) is 5.69 Å². The zero-order valence-corrected chi connectivity index (χ0v) is 9.00. The van der Waals surface area contributed by atoms with E-state index >= 15 is 0 Å². The largest absolute Gasteiger partial charge is 0.505 e. The van der Waals surface area contributed by atoms with E-state index in [4.69, 9.17) is 0 Å². The van der Waals surface area contributed by atoms with Crippen LogP contribution in [0.2, 0.25) is 0 Å². The molecule has 5 nitrogen and oxygen atoms in total. The maximum atomic E-state index is 11.7. The monoisotopic (exact) mass is 229 g/mol. The first-order valence-corrected chi connectivity index (χ1v) is 5.08. The standard InChI is InChI=1S/C12H11N3O2/c16-10-4-2-6-14-11(10)12(17)15-8-9-3-1-5-13-7-9/h1-7,16H,8H2,(H,15,17). The van der Waals surface area contributed by atoms with Crippen LogP contribution in [0.15, 0.2) is 42.9 Å². The lowest BCUT2D eigenvalue weighted by atomic mass is 10.2. The Balaban J connectivity index is 2.01. The number of rotatable bonds is 3. The van der Waals surface area contributed by atoms with Crippen LogP contribution in [0.5, 0.6) is 5.75 Å². The average molecular weight is 229 g/mol. The molecule has 2 rings (SSSR count). The van der Waals surface area contributed by atoms with Crippen molar-refractivity contribution in [2.24, 2.45) is 0 Å². The Kier molecular flexibility index (Phi) is 3.30. The third-order valence-corrected chi connectivity index (χ3v) is 2.18. The molecular weight excluding hydrogens is 218 g/mol. The van der Waals surface area contributed by atoms with Gasteiger partial charge in [0.25, 0.3) is 5.91 Å². The summed E-state index contributed by atoms with van der Waals surface area (Å²) in [5.41, 5.74) is 0.910. The molecule has 2 aromatic heterocycles. The molecular formula is C12H11N3O2. The topological polar surface area (TPSA) is 75.1 Å². The van der Waals surface area contributed by atoms with Gasteiger partial charge in [-0.15, -0.1) is 0 Å². The number of amides is 1. The van der Waals surface area contributed by atoms with Crippen LogP contribution in [-0.2, 0) is 6.54 Å². The highest BCUT2D eigenvalue weighted by atomic mass is 16.3. The first kappa shape index (κ1) is 11.1. The van der Waals surface area contributed by atoms with Crippen LogP contribution >= 0.6 is 0 Å². The number of hydrogen-bond acceptors (Lipinski definition) is 4. The average Bonchev–Trinajstić information content (AvgIpc) is 2.38. The number of nitrogens with zero attached hydrogens (tertiary/aromatic N) is 2. The lowest BCUT2D eigenvalue weighted by Crippen LogP contribution is -2.23. The number of aromatic hydroxyl groups is 1. The summed E-state index contributed by atoms with van der Waals surface area (Å²) in [6, 6.07) is 6.63. The van der Waals surface area contributed by atoms with Crippen LogP contribution in [-0.4, -0.2) is 21.0 Å². The lowest BCUT2D eigenvalue weighted by molar-refractivity contribution is 0.0943. The fourth-order valence-electron chi connectivity index (χ4n) is 1.34. The van der Waals surface area contributed by atoms with Gasteiger partial charge in [-0.1, -0.05) is 6.07 Å². The van der Waals surface area contributed by atoms with Crippen molar-refractivity contribution in [3.8, 4) is 5.75 Å². The Morgan fingerprint density at radius 2 is 2.12 bits per heavy atom. The van der Waals surface area contributed by atoms with Crippen LogP contribution in [0, 0.1) is 0 Å². The minimum Gasteiger partial charge on any atom is -0.505 e.